The van der Waals surface area contributed by atoms with Gasteiger partial charge in [0.05, 0.1) is 6.54 Å². The molecule has 0 saturated carbocycles. The standard InChI is InChI=1S/C9H13NO3/c1-7(2)4-3-5-8(11)6-10-9(12)13/h7,10H,4,6H2,1-2H3,(H,12,13). The van der Waals surface area contributed by atoms with Crippen LogP contribution in [0.2, 0.25) is 0 Å². The lowest BCUT2D eigenvalue weighted by Gasteiger charge is -1.94. The minimum atomic E-state index is -1.21. The van der Waals surface area contributed by atoms with Gasteiger partial charge in [-0.1, -0.05) is 19.8 Å². The second-order valence-electron chi connectivity index (χ2n) is 2.98. The van der Waals surface area contributed by atoms with Crippen molar-refractivity contribution in [1.82, 2.24) is 5.32 Å². The maximum absolute atomic E-state index is 10.8. The second-order valence-corrected chi connectivity index (χ2v) is 2.98. The highest BCUT2D eigenvalue weighted by Gasteiger charge is 1.98. The zero-order valence-electron chi connectivity index (χ0n) is 7.76. The first-order valence-electron chi connectivity index (χ1n) is 4.01. The molecule has 0 spiro atoms. The summed E-state index contributed by atoms with van der Waals surface area (Å²) in [5, 5.41) is 10.1. The summed E-state index contributed by atoms with van der Waals surface area (Å²) in [6.45, 7) is 3.75. The number of rotatable bonds is 3. The van der Waals surface area contributed by atoms with Crippen LogP contribution in [0.15, 0.2) is 0 Å². The minimum absolute atomic E-state index is 0.236. The van der Waals surface area contributed by atoms with Crippen molar-refractivity contribution >= 4 is 11.9 Å². The Kier molecular flexibility index (Phi) is 5.37. The number of hydrogen-bond acceptors (Lipinski definition) is 2. The number of carboxylic acid groups (broad SMARTS) is 1. The van der Waals surface area contributed by atoms with Gasteiger partial charge in [0.15, 0.2) is 0 Å². The highest BCUT2D eigenvalue weighted by molar-refractivity contribution is 5.98. The molecule has 0 aliphatic carbocycles. The first-order valence-corrected chi connectivity index (χ1v) is 4.01. The molecule has 0 heterocycles. The highest BCUT2D eigenvalue weighted by atomic mass is 16.4. The van der Waals surface area contributed by atoms with Crippen LogP contribution in [-0.4, -0.2) is 23.5 Å². The number of carbonyl (C=O) groups is 2. The molecule has 0 aromatic rings. The average molecular weight is 183 g/mol. The summed E-state index contributed by atoms with van der Waals surface area (Å²) in [6.07, 6.45) is -0.558. The smallest absolute Gasteiger partial charge is 0.405 e. The van der Waals surface area contributed by atoms with E-state index in [2.05, 4.69) is 11.8 Å². The Morgan fingerprint density at radius 3 is 2.54 bits per heavy atom. The first-order chi connectivity index (χ1) is 6.02. The second kappa shape index (κ2) is 6.06. The molecule has 0 bridgehead atoms. The predicted molar refractivity (Wildman–Crippen MR) is 48.3 cm³/mol. The molecule has 0 atom stereocenters. The Labute approximate surface area is 77.3 Å². The normalized spacial score (nSPS) is 8.85. The van der Waals surface area contributed by atoms with Gasteiger partial charge in [-0.15, -0.1) is 0 Å². The largest absolute Gasteiger partial charge is 0.465 e. The Hall–Kier alpha value is -1.50. The van der Waals surface area contributed by atoms with Crippen LogP contribution in [0.4, 0.5) is 4.79 Å². The molecule has 0 saturated heterocycles. The van der Waals surface area contributed by atoms with Crippen molar-refractivity contribution in [2.24, 2.45) is 5.92 Å². The van der Waals surface area contributed by atoms with Gasteiger partial charge in [-0.3, -0.25) is 4.79 Å². The van der Waals surface area contributed by atoms with E-state index in [4.69, 9.17) is 5.11 Å². The van der Waals surface area contributed by atoms with Gasteiger partial charge in [0.2, 0.25) is 5.78 Å². The van der Waals surface area contributed by atoms with Crippen LogP contribution in [0, 0.1) is 17.8 Å². The topological polar surface area (TPSA) is 66.4 Å². The summed E-state index contributed by atoms with van der Waals surface area (Å²) >= 11 is 0. The molecule has 2 N–H and O–H groups in total. The molecule has 0 aromatic heterocycles. The van der Waals surface area contributed by atoms with E-state index in [9.17, 15) is 9.59 Å². The Morgan fingerprint density at radius 2 is 2.08 bits per heavy atom. The van der Waals surface area contributed by atoms with Crippen LogP contribution < -0.4 is 5.32 Å². The van der Waals surface area contributed by atoms with Crippen LogP contribution in [0.1, 0.15) is 20.3 Å². The highest BCUT2D eigenvalue weighted by Crippen LogP contribution is 1.95. The summed E-state index contributed by atoms with van der Waals surface area (Å²) in [5.41, 5.74) is 0. The quantitative estimate of drug-likeness (QED) is 0.504. The molecule has 0 aliphatic heterocycles. The summed E-state index contributed by atoms with van der Waals surface area (Å²) in [5.74, 6) is 5.05. The van der Waals surface area contributed by atoms with E-state index >= 15 is 0 Å². The Morgan fingerprint density at radius 1 is 1.46 bits per heavy atom. The molecule has 13 heavy (non-hydrogen) atoms. The zero-order valence-corrected chi connectivity index (χ0v) is 7.76. The van der Waals surface area contributed by atoms with E-state index in [-0.39, 0.29) is 6.54 Å². The van der Waals surface area contributed by atoms with Crippen molar-refractivity contribution in [2.75, 3.05) is 6.54 Å². The van der Waals surface area contributed by atoms with E-state index in [1.807, 2.05) is 19.2 Å². The molecule has 0 rings (SSSR count). The number of ketones is 1. The molecular formula is C9H13NO3. The lowest BCUT2D eigenvalue weighted by molar-refractivity contribution is -0.113. The lowest BCUT2D eigenvalue weighted by atomic mass is 10.1. The lowest BCUT2D eigenvalue weighted by Crippen LogP contribution is -2.26. The Balaban J connectivity index is 3.71. The van der Waals surface area contributed by atoms with Gasteiger partial charge < -0.3 is 10.4 Å². The first kappa shape index (κ1) is 11.5. The fourth-order valence-corrected chi connectivity index (χ4v) is 0.554. The molecule has 4 heteroatoms. The molecule has 4 nitrogen and oxygen atoms in total. The predicted octanol–water partition coefficient (Wildman–Crippen LogP) is 0.873. The molecule has 1 amide bonds. The summed E-state index contributed by atoms with van der Waals surface area (Å²) < 4.78 is 0. The van der Waals surface area contributed by atoms with E-state index in [1.165, 1.54) is 0 Å². The maximum atomic E-state index is 10.8. The third-order valence-electron chi connectivity index (χ3n) is 1.14. The number of amides is 1. The van der Waals surface area contributed by atoms with Crippen molar-refractivity contribution < 1.29 is 14.7 Å². The third kappa shape index (κ3) is 8.41. The van der Waals surface area contributed by atoms with E-state index < -0.39 is 11.9 Å². The summed E-state index contributed by atoms with van der Waals surface area (Å²) in [4.78, 5) is 20.8. The van der Waals surface area contributed by atoms with E-state index in [0.717, 1.165) is 0 Å². The van der Waals surface area contributed by atoms with E-state index in [0.29, 0.717) is 12.3 Å². The molecular weight excluding hydrogens is 170 g/mol. The molecule has 0 aliphatic rings. The fraction of sp³-hybridized carbons (Fsp3) is 0.556. The molecule has 0 radical (unpaired) electrons. The van der Waals surface area contributed by atoms with Gasteiger partial charge in [-0.2, -0.15) is 0 Å². The fourth-order valence-electron chi connectivity index (χ4n) is 0.554. The van der Waals surface area contributed by atoms with Gasteiger partial charge in [0.25, 0.3) is 0 Å². The minimum Gasteiger partial charge on any atom is -0.465 e. The molecule has 0 unspecified atom stereocenters. The molecule has 0 aromatic carbocycles. The van der Waals surface area contributed by atoms with Crippen molar-refractivity contribution in [3.05, 3.63) is 0 Å². The van der Waals surface area contributed by atoms with Gasteiger partial charge in [0, 0.05) is 6.42 Å². The van der Waals surface area contributed by atoms with Gasteiger partial charge in [0.1, 0.15) is 0 Å². The van der Waals surface area contributed by atoms with Crippen molar-refractivity contribution in [2.45, 2.75) is 20.3 Å². The number of hydrogen-bond donors (Lipinski definition) is 2. The van der Waals surface area contributed by atoms with Crippen molar-refractivity contribution in [3.8, 4) is 11.8 Å². The molecule has 0 fully saturated rings. The van der Waals surface area contributed by atoms with Crippen LogP contribution in [0.5, 0.6) is 0 Å². The zero-order chi connectivity index (χ0) is 10.3. The van der Waals surface area contributed by atoms with Gasteiger partial charge >= 0.3 is 6.09 Å². The summed E-state index contributed by atoms with van der Waals surface area (Å²) in [6, 6.07) is 0. The number of carbonyl (C=O) groups excluding carboxylic acids is 1. The van der Waals surface area contributed by atoms with Gasteiger partial charge in [-0.05, 0) is 11.8 Å². The van der Waals surface area contributed by atoms with Crippen LogP contribution in [-0.2, 0) is 4.79 Å². The van der Waals surface area contributed by atoms with Crippen LogP contribution >= 0.6 is 0 Å². The van der Waals surface area contributed by atoms with Crippen LogP contribution in [0.3, 0.4) is 0 Å². The van der Waals surface area contributed by atoms with E-state index in [1.54, 1.807) is 0 Å². The molecule has 72 valence electrons. The number of nitrogens with one attached hydrogen (secondary N) is 1. The van der Waals surface area contributed by atoms with Crippen LogP contribution in [0.25, 0.3) is 0 Å². The van der Waals surface area contributed by atoms with Crippen molar-refractivity contribution in [1.29, 1.82) is 0 Å². The average Bonchev–Trinajstić information content (AvgIpc) is 2.00. The maximum Gasteiger partial charge on any atom is 0.405 e. The number of Topliss-reactive ketones (excluding diaryl/α,β-unsaturated/α-hetero) is 1. The Bertz CT molecular complexity index is 247. The van der Waals surface area contributed by atoms with Crippen molar-refractivity contribution in [3.63, 3.8) is 0 Å². The van der Waals surface area contributed by atoms with Gasteiger partial charge in [-0.25, -0.2) is 4.79 Å². The summed E-state index contributed by atoms with van der Waals surface area (Å²) in [7, 11) is 0. The third-order valence-corrected chi connectivity index (χ3v) is 1.14. The monoisotopic (exact) mass is 183 g/mol. The SMILES string of the molecule is CC(C)CC#CC(=O)CNC(=O)O.